The molecule has 0 bridgehead atoms. The van der Waals surface area contributed by atoms with Gasteiger partial charge in [-0.25, -0.2) is 0 Å². The third-order valence-electron chi connectivity index (χ3n) is 5.83. The molecule has 0 aliphatic carbocycles. The molecule has 1 aromatic heterocycles. The fourth-order valence-corrected chi connectivity index (χ4v) is 4.09. The van der Waals surface area contributed by atoms with Gasteiger partial charge in [0, 0.05) is 55.2 Å². The van der Waals surface area contributed by atoms with E-state index in [0.29, 0.717) is 36.7 Å². The van der Waals surface area contributed by atoms with Gasteiger partial charge in [-0.05, 0) is 56.3 Å². The van der Waals surface area contributed by atoms with Crippen molar-refractivity contribution in [3.05, 3.63) is 59.1 Å². The van der Waals surface area contributed by atoms with Crippen molar-refractivity contribution < 1.29 is 9.59 Å². The summed E-state index contributed by atoms with van der Waals surface area (Å²) in [5.74, 6) is 0.384. The number of carbonyl (C=O) groups is 2. The smallest absolute Gasteiger partial charge is 0.219 e. The molecule has 0 radical (unpaired) electrons. The van der Waals surface area contributed by atoms with E-state index in [9.17, 15) is 9.59 Å². The summed E-state index contributed by atoms with van der Waals surface area (Å²) in [4.78, 5) is 30.5. The fraction of sp³-hybridized carbons (Fsp3) is 0.360. The van der Waals surface area contributed by atoms with Crippen molar-refractivity contribution in [1.29, 1.82) is 5.41 Å². The third-order valence-corrected chi connectivity index (χ3v) is 5.83. The number of pyridine rings is 1. The van der Waals surface area contributed by atoms with E-state index in [2.05, 4.69) is 16.4 Å². The third kappa shape index (κ3) is 5.46. The van der Waals surface area contributed by atoms with Gasteiger partial charge in [0.1, 0.15) is 11.5 Å². The normalized spacial score (nSPS) is 15.4. The number of hydrogen-bond acceptors (Lipinski definition) is 6. The molecule has 2 aromatic rings. The summed E-state index contributed by atoms with van der Waals surface area (Å²) in [5.41, 5.74) is 12.2. The molecule has 2 aliphatic rings. The van der Waals surface area contributed by atoms with E-state index in [1.807, 2.05) is 37.2 Å². The SMILES string of the molecule is CC(=O)N1CCC(N)=C(C(=N)N2CCCc3cc(-c4ccc(C=O)nc4)ccc32)C1.CNC. The van der Waals surface area contributed by atoms with Crippen LogP contribution in [0.3, 0.4) is 0 Å². The highest BCUT2D eigenvalue weighted by Crippen LogP contribution is 2.33. The second-order valence-corrected chi connectivity index (χ2v) is 8.23. The highest BCUT2D eigenvalue weighted by Gasteiger charge is 2.28. The number of fused-ring (bicyclic) bond motifs is 1. The topological polar surface area (TPSA) is 115 Å². The van der Waals surface area contributed by atoms with Crippen molar-refractivity contribution in [2.75, 3.05) is 38.6 Å². The predicted octanol–water partition coefficient (Wildman–Crippen LogP) is 2.59. The maximum absolute atomic E-state index is 11.8. The summed E-state index contributed by atoms with van der Waals surface area (Å²) in [6.07, 6.45) is 4.91. The highest BCUT2D eigenvalue weighted by atomic mass is 16.2. The van der Waals surface area contributed by atoms with Crippen LogP contribution >= 0.6 is 0 Å². The van der Waals surface area contributed by atoms with Crippen molar-refractivity contribution in [2.45, 2.75) is 26.2 Å². The Morgan fingerprint density at radius 2 is 1.88 bits per heavy atom. The molecule has 1 amide bonds. The largest absolute Gasteiger partial charge is 0.402 e. The first-order chi connectivity index (χ1) is 15.9. The van der Waals surface area contributed by atoms with Crippen molar-refractivity contribution in [1.82, 2.24) is 15.2 Å². The molecule has 0 atom stereocenters. The molecular formula is C25H32N6O2. The molecule has 174 valence electrons. The summed E-state index contributed by atoms with van der Waals surface area (Å²) in [7, 11) is 3.75. The minimum atomic E-state index is 0.00527. The number of benzene rings is 1. The number of aryl methyl sites for hydroxylation is 1. The lowest BCUT2D eigenvalue weighted by atomic mass is 9.95. The minimum absolute atomic E-state index is 0.00527. The zero-order valence-electron chi connectivity index (χ0n) is 19.5. The number of carbonyl (C=O) groups excluding carboxylic acids is 2. The Hall–Kier alpha value is -3.52. The standard InChI is InChI=1S/C23H25N5O2.C2H7N/c1-15(30)27-10-8-21(24)20(13-27)23(25)28-9-2-3-17-11-16(5-7-22(17)28)18-4-6-19(14-29)26-12-18;1-3-2/h4-7,11-12,14,25H,2-3,8-10,13,24H2,1H3;3H,1-2H3. The molecule has 0 unspecified atom stereocenters. The summed E-state index contributed by atoms with van der Waals surface area (Å²) in [5, 5.41) is 11.6. The van der Waals surface area contributed by atoms with Crippen LogP contribution in [0, 0.1) is 5.41 Å². The number of nitrogens with zero attached hydrogens (tertiary/aromatic N) is 3. The Morgan fingerprint density at radius 1 is 1.15 bits per heavy atom. The number of anilines is 1. The Balaban J connectivity index is 0.000000968. The lowest BCUT2D eigenvalue weighted by molar-refractivity contribution is -0.128. The zero-order chi connectivity index (χ0) is 24.0. The average Bonchev–Trinajstić information content (AvgIpc) is 2.83. The number of amides is 1. The molecule has 3 heterocycles. The van der Waals surface area contributed by atoms with Crippen LogP contribution in [0.25, 0.3) is 11.1 Å². The number of rotatable bonds is 3. The van der Waals surface area contributed by atoms with Gasteiger partial charge in [-0.3, -0.25) is 20.0 Å². The van der Waals surface area contributed by atoms with E-state index in [-0.39, 0.29) is 5.91 Å². The molecule has 0 fully saturated rings. The molecule has 0 saturated heterocycles. The summed E-state index contributed by atoms with van der Waals surface area (Å²) in [6, 6.07) is 9.79. The fourth-order valence-electron chi connectivity index (χ4n) is 4.09. The van der Waals surface area contributed by atoms with Gasteiger partial charge in [0.25, 0.3) is 0 Å². The first kappa shape index (κ1) is 24.1. The van der Waals surface area contributed by atoms with E-state index < -0.39 is 0 Å². The van der Waals surface area contributed by atoms with Gasteiger partial charge in [-0.1, -0.05) is 12.1 Å². The number of nitrogens with two attached hydrogens (primary N) is 1. The summed E-state index contributed by atoms with van der Waals surface area (Å²) >= 11 is 0. The van der Waals surface area contributed by atoms with E-state index in [0.717, 1.165) is 48.1 Å². The van der Waals surface area contributed by atoms with Gasteiger partial charge in [0.05, 0.1) is 6.54 Å². The summed E-state index contributed by atoms with van der Waals surface area (Å²) in [6.45, 7) is 3.29. The molecule has 1 aromatic carbocycles. The Morgan fingerprint density at radius 3 is 2.52 bits per heavy atom. The van der Waals surface area contributed by atoms with Crippen LogP contribution in [-0.4, -0.2) is 61.6 Å². The van der Waals surface area contributed by atoms with Gasteiger partial charge in [-0.2, -0.15) is 0 Å². The number of nitrogens with one attached hydrogen (secondary N) is 2. The Kier molecular flexibility index (Phi) is 7.95. The molecular weight excluding hydrogens is 416 g/mol. The molecule has 2 aliphatic heterocycles. The molecule has 8 nitrogen and oxygen atoms in total. The monoisotopic (exact) mass is 448 g/mol. The first-order valence-corrected chi connectivity index (χ1v) is 11.1. The van der Waals surface area contributed by atoms with Crippen molar-refractivity contribution in [3.8, 4) is 11.1 Å². The van der Waals surface area contributed by atoms with Gasteiger partial charge in [0.2, 0.25) is 5.91 Å². The minimum Gasteiger partial charge on any atom is -0.402 e. The molecule has 0 spiro atoms. The molecule has 0 saturated carbocycles. The van der Waals surface area contributed by atoms with Crippen LogP contribution in [0.2, 0.25) is 0 Å². The van der Waals surface area contributed by atoms with Crippen LogP contribution < -0.4 is 16.0 Å². The second-order valence-electron chi connectivity index (χ2n) is 8.23. The van der Waals surface area contributed by atoms with Gasteiger partial charge in [0.15, 0.2) is 6.29 Å². The van der Waals surface area contributed by atoms with E-state index in [4.69, 9.17) is 11.1 Å². The Labute approximate surface area is 195 Å². The number of aldehydes is 1. The van der Waals surface area contributed by atoms with Gasteiger partial charge >= 0.3 is 0 Å². The van der Waals surface area contributed by atoms with Gasteiger partial charge < -0.3 is 20.9 Å². The number of amidine groups is 1. The zero-order valence-corrected chi connectivity index (χ0v) is 19.5. The summed E-state index contributed by atoms with van der Waals surface area (Å²) < 4.78 is 0. The van der Waals surface area contributed by atoms with Crippen molar-refractivity contribution in [3.63, 3.8) is 0 Å². The predicted molar refractivity (Wildman–Crippen MR) is 132 cm³/mol. The molecule has 4 rings (SSSR count). The first-order valence-electron chi connectivity index (χ1n) is 11.1. The number of aromatic nitrogens is 1. The van der Waals surface area contributed by atoms with Crippen molar-refractivity contribution in [2.24, 2.45) is 5.73 Å². The van der Waals surface area contributed by atoms with Crippen LogP contribution in [0.4, 0.5) is 5.69 Å². The van der Waals surface area contributed by atoms with E-state index >= 15 is 0 Å². The maximum Gasteiger partial charge on any atom is 0.219 e. The molecule has 8 heteroatoms. The lowest BCUT2D eigenvalue weighted by Crippen LogP contribution is -2.44. The van der Waals surface area contributed by atoms with Crippen LogP contribution in [-0.2, 0) is 11.2 Å². The van der Waals surface area contributed by atoms with Gasteiger partial charge in [-0.15, -0.1) is 0 Å². The lowest BCUT2D eigenvalue weighted by Gasteiger charge is -2.36. The second kappa shape index (κ2) is 10.9. The molecule has 33 heavy (non-hydrogen) atoms. The average molecular weight is 449 g/mol. The maximum atomic E-state index is 11.8. The van der Waals surface area contributed by atoms with Crippen LogP contribution in [0.1, 0.15) is 35.8 Å². The quantitative estimate of drug-likeness (QED) is 0.378. The van der Waals surface area contributed by atoms with Crippen LogP contribution in [0.15, 0.2) is 47.8 Å². The van der Waals surface area contributed by atoms with Crippen LogP contribution in [0.5, 0.6) is 0 Å². The van der Waals surface area contributed by atoms with E-state index in [1.165, 1.54) is 5.56 Å². The molecule has 4 N–H and O–H groups in total. The van der Waals surface area contributed by atoms with E-state index in [1.54, 1.807) is 24.1 Å². The number of hydrogen-bond donors (Lipinski definition) is 3. The highest BCUT2D eigenvalue weighted by molar-refractivity contribution is 6.09. The Bertz CT molecular complexity index is 1060. The van der Waals surface area contributed by atoms with Crippen molar-refractivity contribution >= 4 is 23.7 Å².